The smallest absolute Gasteiger partial charge is 0.407 e. The third-order valence-corrected chi connectivity index (χ3v) is 5.31. The molecule has 0 spiro atoms. The van der Waals surface area contributed by atoms with E-state index in [2.05, 4.69) is 5.32 Å². The number of aliphatic carboxylic acids is 1. The van der Waals surface area contributed by atoms with E-state index >= 15 is 0 Å². The summed E-state index contributed by atoms with van der Waals surface area (Å²) in [5.74, 6) is -1.92. The largest absolute Gasteiger partial charge is 0.481 e. The molecule has 1 aliphatic heterocycles. The molecule has 0 bridgehead atoms. The minimum Gasteiger partial charge on any atom is -0.481 e. The summed E-state index contributed by atoms with van der Waals surface area (Å²) < 4.78 is 5.41. The van der Waals surface area contributed by atoms with Crippen LogP contribution in [0.3, 0.4) is 0 Å². The molecule has 0 aromatic heterocycles. The quantitative estimate of drug-likeness (QED) is 0.758. The molecule has 1 unspecified atom stereocenters. The standard InChI is InChI=1S/C22H22N2O6/c25-20(26)12-19(21(27)24-10-5-11-30-24)23-22(28)29-13-18-16-8-3-1-6-14(16)15-7-2-4-9-17(15)18/h1-4,6-9,18-19H,5,10-13H2,(H,23,28)(H,25,26). The molecule has 8 nitrogen and oxygen atoms in total. The topological polar surface area (TPSA) is 105 Å². The molecule has 2 aliphatic rings. The third-order valence-electron chi connectivity index (χ3n) is 5.31. The van der Waals surface area contributed by atoms with Gasteiger partial charge in [0.15, 0.2) is 0 Å². The lowest BCUT2D eigenvalue weighted by Crippen LogP contribution is -2.48. The zero-order valence-corrected chi connectivity index (χ0v) is 16.2. The fourth-order valence-corrected chi connectivity index (χ4v) is 3.95. The zero-order chi connectivity index (χ0) is 21.1. The summed E-state index contributed by atoms with van der Waals surface area (Å²) in [6, 6.07) is 14.6. The average molecular weight is 410 g/mol. The molecular formula is C22H22N2O6. The van der Waals surface area contributed by atoms with Gasteiger partial charge in [-0.1, -0.05) is 48.5 Å². The van der Waals surface area contributed by atoms with Crippen LogP contribution in [0.1, 0.15) is 29.9 Å². The first-order valence-corrected chi connectivity index (χ1v) is 9.82. The summed E-state index contributed by atoms with van der Waals surface area (Å²) in [4.78, 5) is 41.2. The van der Waals surface area contributed by atoms with Crippen molar-refractivity contribution in [2.45, 2.75) is 24.8 Å². The number of alkyl carbamates (subject to hydrolysis) is 1. The van der Waals surface area contributed by atoms with Crippen molar-refractivity contribution < 1.29 is 29.1 Å². The van der Waals surface area contributed by atoms with Crippen molar-refractivity contribution in [3.8, 4) is 11.1 Å². The fraction of sp³-hybridized carbons (Fsp3) is 0.318. The zero-order valence-electron chi connectivity index (χ0n) is 16.2. The van der Waals surface area contributed by atoms with Gasteiger partial charge in [-0.15, -0.1) is 0 Å². The molecule has 30 heavy (non-hydrogen) atoms. The predicted octanol–water partition coefficient (Wildman–Crippen LogP) is 2.53. The van der Waals surface area contributed by atoms with Crippen LogP contribution in [0.4, 0.5) is 4.79 Å². The normalized spacial score (nSPS) is 15.9. The molecule has 1 heterocycles. The molecule has 2 aromatic rings. The summed E-state index contributed by atoms with van der Waals surface area (Å²) in [6.45, 7) is 0.825. The molecular weight excluding hydrogens is 388 g/mol. The lowest BCUT2D eigenvalue weighted by molar-refractivity contribution is -0.172. The number of fused-ring (bicyclic) bond motifs is 3. The van der Waals surface area contributed by atoms with E-state index in [0.29, 0.717) is 19.6 Å². The lowest BCUT2D eigenvalue weighted by atomic mass is 9.98. The molecule has 8 heteroatoms. The van der Waals surface area contributed by atoms with Crippen LogP contribution >= 0.6 is 0 Å². The second-order valence-electron chi connectivity index (χ2n) is 7.25. The molecule has 1 aliphatic carbocycles. The Hall–Kier alpha value is -3.39. The number of nitrogens with one attached hydrogen (secondary N) is 1. The molecule has 2 N–H and O–H groups in total. The van der Waals surface area contributed by atoms with Crippen LogP contribution in [0.5, 0.6) is 0 Å². The van der Waals surface area contributed by atoms with Crippen LogP contribution in [-0.4, -0.2) is 53.9 Å². The van der Waals surface area contributed by atoms with E-state index in [0.717, 1.165) is 27.3 Å². The van der Waals surface area contributed by atoms with Crippen LogP contribution in [0.2, 0.25) is 0 Å². The fourth-order valence-electron chi connectivity index (χ4n) is 3.95. The van der Waals surface area contributed by atoms with Crippen LogP contribution in [0.15, 0.2) is 48.5 Å². The Labute approximate surface area is 173 Å². The Kier molecular flexibility index (Phi) is 5.67. The number of carbonyl (C=O) groups excluding carboxylic acids is 2. The van der Waals surface area contributed by atoms with E-state index in [-0.39, 0.29) is 12.5 Å². The Balaban J connectivity index is 1.43. The van der Waals surface area contributed by atoms with E-state index in [4.69, 9.17) is 14.7 Å². The van der Waals surface area contributed by atoms with Gasteiger partial charge >= 0.3 is 12.1 Å². The number of hydrogen-bond donors (Lipinski definition) is 2. The molecule has 2 aromatic carbocycles. The van der Waals surface area contributed by atoms with Crippen molar-refractivity contribution in [2.75, 3.05) is 19.8 Å². The van der Waals surface area contributed by atoms with E-state index in [1.54, 1.807) is 0 Å². The van der Waals surface area contributed by atoms with Gasteiger partial charge < -0.3 is 15.2 Å². The molecule has 1 saturated heterocycles. The van der Waals surface area contributed by atoms with Crippen molar-refractivity contribution in [1.82, 2.24) is 10.4 Å². The highest BCUT2D eigenvalue weighted by Gasteiger charge is 2.33. The van der Waals surface area contributed by atoms with Crippen molar-refractivity contribution in [3.63, 3.8) is 0 Å². The summed E-state index contributed by atoms with van der Waals surface area (Å²) in [5, 5.41) is 12.6. The Morgan fingerprint density at radius 3 is 2.30 bits per heavy atom. The van der Waals surface area contributed by atoms with Gasteiger partial charge in [-0.05, 0) is 28.7 Å². The van der Waals surface area contributed by atoms with Gasteiger partial charge in [-0.3, -0.25) is 14.4 Å². The third kappa shape index (κ3) is 3.99. The minimum atomic E-state index is -1.25. The van der Waals surface area contributed by atoms with Crippen LogP contribution in [-0.2, 0) is 19.2 Å². The van der Waals surface area contributed by atoms with Gasteiger partial charge in [0.05, 0.1) is 19.6 Å². The molecule has 2 amide bonds. The molecule has 1 fully saturated rings. The Morgan fingerprint density at radius 2 is 1.73 bits per heavy atom. The number of carboxylic acids is 1. The first-order valence-electron chi connectivity index (χ1n) is 9.82. The second kappa shape index (κ2) is 8.54. The number of ether oxygens (including phenoxy) is 1. The van der Waals surface area contributed by atoms with Crippen LogP contribution in [0.25, 0.3) is 11.1 Å². The highest BCUT2D eigenvalue weighted by atomic mass is 16.7. The average Bonchev–Trinajstić information content (AvgIpc) is 3.38. The summed E-state index contributed by atoms with van der Waals surface area (Å²) in [6.07, 6.45) is -0.727. The van der Waals surface area contributed by atoms with Gasteiger partial charge in [0.1, 0.15) is 12.6 Å². The van der Waals surface area contributed by atoms with Gasteiger partial charge in [-0.25, -0.2) is 9.86 Å². The number of benzene rings is 2. The predicted molar refractivity (Wildman–Crippen MR) is 107 cm³/mol. The highest BCUT2D eigenvalue weighted by molar-refractivity contribution is 5.89. The number of nitrogens with zero attached hydrogens (tertiary/aromatic N) is 1. The summed E-state index contributed by atoms with van der Waals surface area (Å²) >= 11 is 0. The second-order valence-corrected chi connectivity index (χ2v) is 7.25. The first-order chi connectivity index (χ1) is 14.5. The maximum Gasteiger partial charge on any atom is 0.407 e. The van der Waals surface area contributed by atoms with Crippen LogP contribution in [0, 0.1) is 0 Å². The van der Waals surface area contributed by atoms with Gasteiger partial charge in [0.2, 0.25) is 0 Å². The van der Waals surface area contributed by atoms with Gasteiger partial charge in [-0.2, -0.15) is 0 Å². The number of rotatable bonds is 6. The van der Waals surface area contributed by atoms with E-state index in [9.17, 15) is 14.4 Å². The number of carboxylic acid groups (broad SMARTS) is 1. The van der Waals surface area contributed by atoms with E-state index < -0.39 is 30.4 Å². The van der Waals surface area contributed by atoms with Gasteiger partial charge in [0, 0.05) is 5.92 Å². The van der Waals surface area contributed by atoms with Crippen molar-refractivity contribution in [2.24, 2.45) is 0 Å². The number of hydroxylamine groups is 2. The monoisotopic (exact) mass is 410 g/mol. The van der Waals surface area contributed by atoms with Crippen molar-refractivity contribution >= 4 is 18.0 Å². The maximum atomic E-state index is 12.5. The Bertz CT molecular complexity index is 924. The van der Waals surface area contributed by atoms with Crippen molar-refractivity contribution in [3.05, 3.63) is 59.7 Å². The first kappa shape index (κ1) is 19.9. The lowest BCUT2D eigenvalue weighted by Gasteiger charge is -2.22. The van der Waals surface area contributed by atoms with E-state index in [1.165, 1.54) is 0 Å². The highest BCUT2D eigenvalue weighted by Crippen LogP contribution is 2.44. The SMILES string of the molecule is O=C(O)CC(NC(=O)OCC1c2ccccc2-c2ccccc21)C(=O)N1CCCO1. The van der Waals surface area contributed by atoms with E-state index in [1.807, 2.05) is 48.5 Å². The molecule has 0 saturated carbocycles. The maximum absolute atomic E-state index is 12.5. The summed E-state index contributed by atoms with van der Waals surface area (Å²) in [5.41, 5.74) is 4.34. The number of amides is 2. The summed E-state index contributed by atoms with van der Waals surface area (Å²) in [7, 11) is 0. The molecule has 0 radical (unpaired) electrons. The number of carbonyl (C=O) groups is 3. The molecule has 156 valence electrons. The van der Waals surface area contributed by atoms with Crippen LogP contribution < -0.4 is 5.32 Å². The minimum absolute atomic E-state index is 0.0774. The molecule has 1 atom stereocenters. The van der Waals surface area contributed by atoms with Gasteiger partial charge in [0.25, 0.3) is 5.91 Å². The number of hydrogen-bond acceptors (Lipinski definition) is 5. The molecule has 4 rings (SSSR count). The Morgan fingerprint density at radius 1 is 1.10 bits per heavy atom. The van der Waals surface area contributed by atoms with Crippen molar-refractivity contribution in [1.29, 1.82) is 0 Å².